The SMILES string of the molecule is CC(=O)OCC1OC(O[C@@H]2CC3C(C)(C)[C@H](O)CC[C@]3(C)C3CC[C@]45C[C@]4(CC[C@H]5[C@@H](C)C[C@@H](O)[C@@H](O)C(C)(C)O)[C@@]32C)C(O)C(O)C1O. The van der Waals surface area contributed by atoms with Crippen LogP contribution < -0.4 is 0 Å². The van der Waals surface area contributed by atoms with E-state index in [9.17, 15) is 40.5 Å². The van der Waals surface area contributed by atoms with Gasteiger partial charge in [0.1, 0.15) is 37.1 Å². The Morgan fingerprint density at radius 3 is 2.24 bits per heavy atom. The standard InChI is InChI=1S/C38H64O11/c1-19(15-22(40)31(45)34(5,6)46)21-9-14-38-18-37(21,38)13-10-24-35(7)12-11-26(41)33(3,4)25(35)16-27(36(24,38)8)49-32-30(44)29(43)28(42)23(48-32)17-47-20(2)39/h19,21-32,40-46H,9-18H2,1-8H3/t19-,21-,22+,23?,24?,25?,26+,27+,28?,29?,30?,31+,32?,35+,36-,37+,38+/m0/s1. The first-order valence-electron chi connectivity index (χ1n) is 18.8. The predicted octanol–water partition coefficient (Wildman–Crippen LogP) is 2.67. The Hall–Kier alpha value is -0.890. The summed E-state index contributed by atoms with van der Waals surface area (Å²) >= 11 is 0. The van der Waals surface area contributed by atoms with Gasteiger partial charge in [0, 0.05) is 12.3 Å². The molecule has 6 rings (SSSR count). The maximum absolute atomic E-state index is 11.6. The maximum atomic E-state index is 11.6. The van der Waals surface area contributed by atoms with Crippen molar-refractivity contribution in [1.82, 2.24) is 0 Å². The summed E-state index contributed by atoms with van der Waals surface area (Å²) in [5.41, 5.74) is -2.22. The van der Waals surface area contributed by atoms with E-state index in [2.05, 4.69) is 34.6 Å². The first-order chi connectivity index (χ1) is 22.6. The van der Waals surface area contributed by atoms with Crippen LogP contribution in [0, 0.1) is 50.7 Å². The van der Waals surface area contributed by atoms with Crippen LogP contribution in [0.5, 0.6) is 0 Å². The molecule has 5 aliphatic carbocycles. The van der Waals surface area contributed by atoms with Gasteiger partial charge in [0.05, 0.1) is 23.9 Å². The number of rotatable bonds is 9. The Morgan fingerprint density at radius 2 is 1.61 bits per heavy atom. The van der Waals surface area contributed by atoms with E-state index in [4.69, 9.17) is 14.2 Å². The highest BCUT2D eigenvalue weighted by Crippen LogP contribution is 2.91. The van der Waals surface area contributed by atoms with Crippen molar-refractivity contribution in [3.05, 3.63) is 0 Å². The van der Waals surface area contributed by atoms with Crippen LogP contribution >= 0.6 is 0 Å². The van der Waals surface area contributed by atoms with Gasteiger partial charge < -0.3 is 50.0 Å². The van der Waals surface area contributed by atoms with Crippen LogP contribution in [0.2, 0.25) is 0 Å². The van der Waals surface area contributed by atoms with Crippen molar-refractivity contribution in [2.75, 3.05) is 6.61 Å². The van der Waals surface area contributed by atoms with Gasteiger partial charge in [-0.25, -0.2) is 0 Å². The van der Waals surface area contributed by atoms with Crippen LogP contribution in [0.1, 0.15) is 113 Å². The van der Waals surface area contributed by atoms with E-state index >= 15 is 0 Å². The molecule has 0 radical (unpaired) electrons. The summed E-state index contributed by atoms with van der Waals surface area (Å²) in [4.78, 5) is 11.6. The van der Waals surface area contributed by atoms with Gasteiger partial charge in [0.2, 0.25) is 0 Å². The van der Waals surface area contributed by atoms with Crippen LogP contribution in [0.25, 0.3) is 0 Å². The smallest absolute Gasteiger partial charge is 0.302 e. The highest BCUT2D eigenvalue weighted by Gasteiger charge is 2.85. The molecule has 0 aromatic heterocycles. The summed E-state index contributed by atoms with van der Waals surface area (Å²) < 4.78 is 18.2. The number of fused-ring (bicyclic) bond motifs is 3. The first kappa shape index (κ1) is 37.9. The molecule has 0 amide bonds. The fourth-order valence-electron chi connectivity index (χ4n) is 13.3. The second-order valence-electron chi connectivity index (χ2n) is 18.9. The highest BCUT2D eigenvalue weighted by atomic mass is 16.7. The molecule has 6 aliphatic rings. The van der Waals surface area contributed by atoms with Gasteiger partial charge in [-0.3, -0.25) is 4.79 Å². The largest absolute Gasteiger partial charge is 0.463 e. The Balaban J connectivity index is 1.34. The number of ether oxygens (including phenoxy) is 3. The summed E-state index contributed by atoms with van der Waals surface area (Å²) in [7, 11) is 0. The second kappa shape index (κ2) is 12.3. The van der Waals surface area contributed by atoms with Crippen LogP contribution in [-0.2, 0) is 19.0 Å². The number of aliphatic hydroxyl groups is 7. The van der Waals surface area contributed by atoms with Crippen LogP contribution in [0.4, 0.5) is 0 Å². The number of hydrogen-bond donors (Lipinski definition) is 7. The van der Waals surface area contributed by atoms with E-state index in [1.165, 1.54) is 20.8 Å². The van der Waals surface area contributed by atoms with Crippen LogP contribution in [-0.4, -0.2) is 109 Å². The zero-order valence-corrected chi connectivity index (χ0v) is 30.8. The molecule has 0 aromatic rings. The van der Waals surface area contributed by atoms with Gasteiger partial charge >= 0.3 is 5.97 Å². The molecule has 7 unspecified atom stereocenters. The Morgan fingerprint density at radius 1 is 0.939 bits per heavy atom. The average molecular weight is 697 g/mol. The summed E-state index contributed by atoms with van der Waals surface area (Å²) in [6, 6.07) is 0. The van der Waals surface area contributed by atoms with E-state index < -0.39 is 66.7 Å². The minimum Gasteiger partial charge on any atom is -0.463 e. The molecule has 0 aromatic carbocycles. The van der Waals surface area contributed by atoms with Crippen LogP contribution in [0.15, 0.2) is 0 Å². The molecular formula is C38H64O11. The first-order valence-corrected chi connectivity index (χ1v) is 18.8. The quantitative estimate of drug-likeness (QED) is 0.139. The van der Waals surface area contributed by atoms with Gasteiger partial charge in [-0.2, -0.15) is 0 Å². The van der Waals surface area contributed by atoms with E-state index in [-0.39, 0.29) is 51.4 Å². The van der Waals surface area contributed by atoms with Crippen molar-refractivity contribution in [2.45, 2.75) is 174 Å². The highest BCUT2D eigenvalue weighted by molar-refractivity contribution is 5.65. The van der Waals surface area contributed by atoms with Gasteiger partial charge in [-0.1, -0.05) is 34.6 Å². The number of aliphatic hydroxyl groups excluding tert-OH is 6. The lowest BCUT2D eigenvalue weighted by Gasteiger charge is -2.69. The van der Waals surface area contributed by atoms with E-state index in [1.807, 2.05) is 0 Å². The third kappa shape index (κ3) is 5.49. The molecule has 7 N–H and O–H groups in total. The molecule has 49 heavy (non-hydrogen) atoms. The normalized spacial score (nSPS) is 50.6. The summed E-state index contributed by atoms with van der Waals surface area (Å²) in [6.07, 6.45) is -2.27. The van der Waals surface area contributed by atoms with Crippen molar-refractivity contribution in [1.29, 1.82) is 0 Å². The molecule has 11 nitrogen and oxygen atoms in total. The zero-order valence-electron chi connectivity index (χ0n) is 30.8. The Kier molecular flexibility index (Phi) is 9.53. The van der Waals surface area contributed by atoms with Gasteiger partial charge in [0.15, 0.2) is 6.29 Å². The molecular weight excluding hydrogens is 632 g/mol. The summed E-state index contributed by atoms with van der Waals surface area (Å²) in [5.74, 6) is 0.278. The van der Waals surface area contributed by atoms with Crippen molar-refractivity contribution in [2.24, 2.45) is 50.7 Å². The molecule has 0 bridgehead atoms. The Bertz CT molecular complexity index is 1250. The minimum absolute atomic E-state index is 0.0329. The molecule has 6 fully saturated rings. The van der Waals surface area contributed by atoms with Crippen molar-refractivity contribution in [3.8, 4) is 0 Å². The number of esters is 1. The molecule has 282 valence electrons. The molecule has 1 aliphatic heterocycles. The molecule has 1 heterocycles. The van der Waals surface area contributed by atoms with Gasteiger partial charge in [0.25, 0.3) is 0 Å². The van der Waals surface area contributed by atoms with Crippen molar-refractivity contribution in [3.63, 3.8) is 0 Å². The number of carbonyl (C=O) groups excluding carboxylic acids is 1. The van der Waals surface area contributed by atoms with E-state index in [0.29, 0.717) is 18.8 Å². The fraction of sp³-hybridized carbons (Fsp3) is 0.974. The Labute approximate surface area is 291 Å². The number of carbonyl (C=O) groups is 1. The summed E-state index contributed by atoms with van der Waals surface area (Å²) in [5, 5.41) is 76.1. The van der Waals surface area contributed by atoms with Crippen LogP contribution in [0.3, 0.4) is 0 Å². The molecule has 0 spiro atoms. The second-order valence-corrected chi connectivity index (χ2v) is 18.9. The topological polar surface area (TPSA) is 186 Å². The lowest BCUT2D eigenvalue weighted by Crippen LogP contribution is -2.68. The molecule has 5 saturated carbocycles. The van der Waals surface area contributed by atoms with E-state index in [1.54, 1.807) is 0 Å². The molecule has 1 saturated heterocycles. The predicted molar refractivity (Wildman–Crippen MR) is 179 cm³/mol. The maximum Gasteiger partial charge on any atom is 0.302 e. The third-order valence-corrected chi connectivity index (χ3v) is 15.9. The zero-order chi connectivity index (χ0) is 36.3. The minimum atomic E-state index is -1.56. The molecule has 17 atom stereocenters. The fourth-order valence-corrected chi connectivity index (χ4v) is 13.3. The lowest BCUT2D eigenvalue weighted by molar-refractivity contribution is -0.344. The number of hydrogen-bond acceptors (Lipinski definition) is 11. The summed E-state index contributed by atoms with van der Waals surface area (Å²) in [6.45, 7) is 15.3. The molecule has 11 heteroatoms. The third-order valence-electron chi connectivity index (χ3n) is 15.9. The van der Waals surface area contributed by atoms with E-state index in [0.717, 1.165) is 44.9 Å². The van der Waals surface area contributed by atoms with Crippen molar-refractivity contribution >= 4 is 5.97 Å². The monoisotopic (exact) mass is 696 g/mol. The average Bonchev–Trinajstić information content (AvgIpc) is 3.58. The van der Waals surface area contributed by atoms with Gasteiger partial charge in [-0.05, 0) is 117 Å². The lowest BCUT2D eigenvalue weighted by atomic mass is 9.37. The van der Waals surface area contributed by atoms with Crippen molar-refractivity contribution < 1.29 is 54.8 Å². The van der Waals surface area contributed by atoms with Gasteiger partial charge in [-0.15, -0.1) is 0 Å².